The van der Waals surface area contributed by atoms with Crippen LogP contribution in [0.2, 0.25) is 0 Å². The number of aromatic nitrogens is 1. The van der Waals surface area contributed by atoms with Gasteiger partial charge in [0, 0.05) is 31.0 Å². The van der Waals surface area contributed by atoms with E-state index in [0.29, 0.717) is 19.5 Å². The van der Waals surface area contributed by atoms with Crippen LogP contribution in [0.1, 0.15) is 24.1 Å². The Bertz CT molecular complexity index is 598. The molecule has 2 heterocycles. The van der Waals surface area contributed by atoms with Gasteiger partial charge < -0.3 is 4.90 Å². The van der Waals surface area contributed by atoms with Gasteiger partial charge in [0.25, 0.3) is 0 Å². The van der Waals surface area contributed by atoms with Crippen LogP contribution in [0, 0.1) is 6.92 Å². The zero-order valence-electron chi connectivity index (χ0n) is 12.4. The maximum Gasteiger partial charge on any atom is 0.227 e. The highest BCUT2D eigenvalue weighted by Gasteiger charge is 2.25. The summed E-state index contributed by atoms with van der Waals surface area (Å²) in [7, 11) is -3.23. The summed E-state index contributed by atoms with van der Waals surface area (Å²) in [4.78, 5) is 18.2. The molecule has 1 aromatic rings. The van der Waals surface area contributed by atoms with Crippen molar-refractivity contribution < 1.29 is 13.2 Å². The van der Waals surface area contributed by atoms with Gasteiger partial charge in [-0.2, -0.15) is 0 Å². The van der Waals surface area contributed by atoms with Crippen molar-refractivity contribution >= 4 is 15.9 Å². The van der Waals surface area contributed by atoms with Gasteiger partial charge in [-0.05, 0) is 31.4 Å². The van der Waals surface area contributed by atoms with Gasteiger partial charge in [-0.1, -0.05) is 6.07 Å². The third kappa shape index (κ3) is 5.09. The quantitative estimate of drug-likeness (QED) is 0.877. The molecule has 116 valence electrons. The van der Waals surface area contributed by atoms with Gasteiger partial charge in [-0.3, -0.25) is 9.78 Å². The van der Waals surface area contributed by atoms with Crippen LogP contribution in [0.25, 0.3) is 0 Å². The molecular formula is C14H21N3O3S. The minimum atomic E-state index is -3.23. The number of aryl methyl sites for hydroxylation is 1. The van der Waals surface area contributed by atoms with E-state index in [9.17, 15) is 13.2 Å². The van der Waals surface area contributed by atoms with E-state index < -0.39 is 10.0 Å². The van der Waals surface area contributed by atoms with Crippen LogP contribution in [-0.4, -0.2) is 49.6 Å². The molecule has 1 fully saturated rings. The number of nitrogens with zero attached hydrogens (tertiary/aromatic N) is 2. The maximum atomic E-state index is 12.3. The summed E-state index contributed by atoms with van der Waals surface area (Å²) in [6.45, 7) is 3.02. The molecule has 1 aromatic heterocycles. The first-order valence-electron chi connectivity index (χ1n) is 7.00. The first kappa shape index (κ1) is 15.9. The second kappa shape index (κ2) is 6.53. The number of rotatable bonds is 4. The SMILES string of the molecule is Cc1ccc(CC(=O)N2CCCC(NS(C)(=O)=O)C2)cn1. The zero-order valence-corrected chi connectivity index (χ0v) is 13.2. The van der Waals surface area contributed by atoms with Crippen molar-refractivity contribution in [1.29, 1.82) is 0 Å². The predicted octanol–water partition coefficient (Wildman–Crippen LogP) is 0.473. The average molecular weight is 311 g/mol. The van der Waals surface area contributed by atoms with E-state index in [2.05, 4.69) is 9.71 Å². The molecule has 0 spiro atoms. The van der Waals surface area contributed by atoms with Crippen molar-refractivity contribution in [1.82, 2.24) is 14.6 Å². The van der Waals surface area contributed by atoms with E-state index in [-0.39, 0.29) is 11.9 Å². The predicted molar refractivity (Wildman–Crippen MR) is 80.3 cm³/mol. The van der Waals surface area contributed by atoms with Crippen LogP contribution in [0.3, 0.4) is 0 Å². The highest BCUT2D eigenvalue weighted by Crippen LogP contribution is 2.13. The summed E-state index contributed by atoms with van der Waals surface area (Å²) in [6.07, 6.45) is 4.74. The normalized spacial score (nSPS) is 19.5. The van der Waals surface area contributed by atoms with E-state index >= 15 is 0 Å². The van der Waals surface area contributed by atoms with E-state index in [4.69, 9.17) is 0 Å². The number of pyridine rings is 1. The zero-order chi connectivity index (χ0) is 15.5. The van der Waals surface area contributed by atoms with Crippen molar-refractivity contribution in [3.63, 3.8) is 0 Å². The fourth-order valence-electron chi connectivity index (χ4n) is 2.49. The summed E-state index contributed by atoms with van der Waals surface area (Å²) < 4.78 is 25.1. The number of carbonyl (C=O) groups excluding carboxylic acids is 1. The number of likely N-dealkylation sites (tertiary alicyclic amines) is 1. The number of piperidine rings is 1. The molecule has 1 atom stereocenters. The fourth-order valence-corrected chi connectivity index (χ4v) is 3.29. The van der Waals surface area contributed by atoms with Crippen molar-refractivity contribution in [3.8, 4) is 0 Å². The van der Waals surface area contributed by atoms with Crippen LogP contribution in [0.15, 0.2) is 18.3 Å². The molecule has 1 N–H and O–H groups in total. The maximum absolute atomic E-state index is 12.3. The molecule has 21 heavy (non-hydrogen) atoms. The monoisotopic (exact) mass is 311 g/mol. The molecule has 0 aromatic carbocycles. The molecular weight excluding hydrogens is 290 g/mol. The van der Waals surface area contributed by atoms with Gasteiger partial charge in [-0.15, -0.1) is 0 Å². The van der Waals surface area contributed by atoms with E-state index in [1.54, 1.807) is 11.1 Å². The molecule has 0 bridgehead atoms. The van der Waals surface area contributed by atoms with Crippen LogP contribution in [0.4, 0.5) is 0 Å². The van der Waals surface area contributed by atoms with Crippen LogP contribution >= 0.6 is 0 Å². The van der Waals surface area contributed by atoms with Crippen molar-refractivity contribution in [3.05, 3.63) is 29.6 Å². The van der Waals surface area contributed by atoms with Gasteiger partial charge in [0.1, 0.15) is 0 Å². The number of nitrogens with one attached hydrogen (secondary N) is 1. The number of hydrogen-bond donors (Lipinski definition) is 1. The van der Waals surface area contributed by atoms with Gasteiger partial charge in [0.2, 0.25) is 15.9 Å². The van der Waals surface area contributed by atoms with Crippen molar-refractivity contribution in [2.24, 2.45) is 0 Å². The average Bonchev–Trinajstić information content (AvgIpc) is 2.40. The largest absolute Gasteiger partial charge is 0.341 e. The lowest BCUT2D eigenvalue weighted by molar-refractivity contribution is -0.131. The Balaban J connectivity index is 1.94. The topological polar surface area (TPSA) is 79.4 Å². The third-order valence-electron chi connectivity index (χ3n) is 3.48. The lowest BCUT2D eigenvalue weighted by Crippen LogP contribution is -2.49. The Morgan fingerprint density at radius 1 is 1.48 bits per heavy atom. The molecule has 1 unspecified atom stereocenters. The number of amides is 1. The number of sulfonamides is 1. The molecule has 6 nitrogen and oxygen atoms in total. The fraction of sp³-hybridized carbons (Fsp3) is 0.571. The molecule has 1 amide bonds. The molecule has 0 radical (unpaired) electrons. The molecule has 2 rings (SSSR count). The Morgan fingerprint density at radius 2 is 2.24 bits per heavy atom. The van der Waals surface area contributed by atoms with Crippen LogP contribution in [-0.2, 0) is 21.2 Å². The van der Waals surface area contributed by atoms with Crippen molar-refractivity contribution in [2.75, 3.05) is 19.3 Å². The highest BCUT2D eigenvalue weighted by molar-refractivity contribution is 7.88. The molecule has 1 aliphatic heterocycles. The van der Waals surface area contributed by atoms with E-state index in [1.165, 1.54) is 0 Å². The summed E-state index contributed by atoms with van der Waals surface area (Å²) in [6, 6.07) is 3.59. The highest BCUT2D eigenvalue weighted by atomic mass is 32.2. The molecule has 0 aliphatic carbocycles. The first-order chi connectivity index (χ1) is 9.83. The Labute approximate surface area is 125 Å². The third-order valence-corrected chi connectivity index (χ3v) is 4.24. The lowest BCUT2D eigenvalue weighted by Gasteiger charge is -2.32. The molecule has 1 aliphatic rings. The summed E-state index contributed by atoms with van der Waals surface area (Å²) in [5.41, 5.74) is 1.80. The second-order valence-corrected chi connectivity index (χ2v) is 7.33. The standard InChI is InChI=1S/C14H21N3O3S/c1-11-5-6-12(9-15-11)8-14(18)17-7-3-4-13(10-17)16-21(2,19)20/h5-6,9,13,16H,3-4,7-8,10H2,1-2H3. The minimum absolute atomic E-state index is 0.0145. The summed E-state index contributed by atoms with van der Waals surface area (Å²) in [5.74, 6) is 0.0145. The molecule has 1 saturated heterocycles. The smallest absolute Gasteiger partial charge is 0.227 e. The van der Waals surface area contributed by atoms with Crippen LogP contribution in [0.5, 0.6) is 0 Å². The number of hydrogen-bond acceptors (Lipinski definition) is 4. The van der Waals surface area contributed by atoms with E-state index in [0.717, 1.165) is 30.4 Å². The molecule has 0 saturated carbocycles. The van der Waals surface area contributed by atoms with Gasteiger partial charge in [0.05, 0.1) is 12.7 Å². The van der Waals surface area contributed by atoms with E-state index in [1.807, 2.05) is 19.1 Å². The summed E-state index contributed by atoms with van der Waals surface area (Å²) >= 11 is 0. The minimum Gasteiger partial charge on any atom is -0.341 e. The number of carbonyl (C=O) groups is 1. The lowest BCUT2D eigenvalue weighted by atomic mass is 10.1. The molecule has 7 heteroatoms. The summed E-state index contributed by atoms with van der Waals surface area (Å²) in [5, 5.41) is 0. The second-order valence-electron chi connectivity index (χ2n) is 5.55. The Morgan fingerprint density at radius 3 is 2.86 bits per heavy atom. The first-order valence-corrected chi connectivity index (χ1v) is 8.89. The van der Waals surface area contributed by atoms with Gasteiger partial charge >= 0.3 is 0 Å². The van der Waals surface area contributed by atoms with Crippen LogP contribution < -0.4 is 4.72 Å². The Hall–Kier alpha value is -1.47. The van der Waals surface area contributed by atoms with Gasteiger partial charge in [-0.25, -0.2) is 13.1 Å². The Kier molecular flexibility index (Phi) is 4.95. The van der Waals surface area contributed by atoms with Gasteiger partial charge in [0.15, 0.2) is 0 Å². The van der Waals surface area contributed by atoms with Crippen molar-refractivity contribution in [2.45, 2.75) is 32.2 Å².